The number of hydrogen-bond donors (Lipinski definition) is 2. The van der Waals surface area contributed by atoms with E-state index in [1.54, 1.807) is 37.3 Å². The summed E-state index contributed by atoms with van der Waals surface area (Å²) in [7, 11) is 3.22. The fraction of sp³-hybridized carbons (Fsp3) is 0.304. The number of likely N-dealkylation sites (tertiary alicyclic amines) is 1. The maximum absolute atomic E-state index is 12.3. The third kappa shape index (κ3) is 4.72. The minimum absolute atomic E-state index is 0.00529. The third-order valence-corrected chi connectivity index (χ3v) is 5.42. The van der Waals surface area contributed by atoms with Gasteiger partial charge in [0, 0.05) is 37.8 Å². The molecule has 9 heteroatoms. The summed E-state index contributed by atoms with van der Waals surface area (Å²) in [6, 6.07) is 14.7. The van der Waals surface area contributed by atoms with E-state index in [4.69, 9.17) is 9.26 Å². The van der Waals surface area contributed by atoms with Gasteiger partial charge in [0.15, 0.2) is 0 Å². The first kappa shape index (κ1) is 21.4. The van der Waals surface area contributed by atoms with Crippen molar-refractivity contribution in [3.05, 3.63) is 65.5 Å². The SMILES string of the molecule is CNC(=O)c1cccc(-c2noc(C3CN(C(=O)NCCc4ccc(OC)cc4)C3)n2)c1. The van der Waals surface area contributed by atoms with Gasteiger partial charge in [0.1, 0.15) is 5.75 Å². The second-order valence-corrected chi connectivity index (χ2v) is 7.55. The molecule has 1 aliphatic rings. The highest BCUT2D eigenvalue weighted by Gasteiger charge is 2.35. The van der Waals surface area contributed by atoms with E-state index in [1.807, 2.05) is 30.3 Å². The van der Waals surface area contributed by atoms with Gasteiger partial charge in [-0.15, -0.1) is 0 Å². The van der Waals surface area contributed by atoms with Crippen LogP contribution in [0.15, 0.2) is 53.1 Å². The van der Waals surface area contributed by atoms with E-state index >= 15 is 0 Å². The van der Waals surface area contributed by atoms with Crippen LogP contribution in [0.2, 0.25) is 0 Å². The predicted octanol–water partition coefficient (Wildman–Crippen LogP) is 2.46. The molecule has 0 aliphatic carbocycles. The molecule has 3 aromatic rings. The number of carbonyl (C=O) groups excluding carboxylic acids is 2. The van der Waals surface area contributed by atoms with E-state index in [1.165, 1.54) is 0 Å². The second kappa shape index (κ2) is 9.51. The highest BCUT2D eigenvalue weighted by Crippen LogP contribution is 2.27. The first-order valence-corrected chi connectivity index (χ1v) is 10.4. The maximum atomic E-state index is 12.3. The Morgan fingerprint density at radius 1 is 1.19 bits per heavy atom. The van der Waals surface area contributed by atoms with Gasteiger partial charge in [0.05, 0.1) is 13.0 Å². The van der Waals surface area contributed by atoms with Gasteiger partial charge in [0.2, 0.25) is 11.7 Å². The number of methoxy groups -OCH3 is 1. The lowest BCUT2D eigenvalue weighted by Gasteiger charge is -2.36. The minimum Gasteiger partial charge on any atom is -0.497 e. The molecule has 9 nitrogen and oxygen atoms in total. The number of amides is 3. The molecular formula is C23H25N5O4. The van der Waals surface area contributed by atoms with Gasteiger partial charge in [-0.1, -0.05) is 29.4 Å². The fourth-order valence-electron chi connectivity index (χ4n) is 3.48. The standard InChI is InChI=1S/C23H25N5O4/c1-24-21(29)17-5-3-4-16(12-17)20-26-22(32-27-20)18-13-28(14-18)23(30)25-11-10-15-6-8-19(31-2)9-7-15/h3-9,12,18H,10-11,13-14H2,1-2H3,(H,24,29)(H,25,30). The van der Waals surface area contributed by atoms with Crippen LogP contribution in [0, 0.1) is 0 Å². The number of ether oxygens (including phenoxy) is 1. The average Bonchev–Trinajstić information content (AvgIpc) is 3.28. The van der Waals surface area contributed by atoms with Crippen molar-refractivity contribution in [3.8, 4) is 17.1 Å². The van der Waals surface area contributed by atoms with Crippen molar-refractivity contribution in [2.45, 2.75) is 12.3 Å². The Labute approximate surface area is 185 Å². The number of hydrogen-bond acceptors (Lipinski definition) is 6. The van der Waals surface area contributed by atoms with Crippen LogP contribution >= 0.6 is 0 Å². The molecule has 1 fully saturated rings. The summed E-state index contributed by atoms with van der Waals surface area (Å²) < 4.78 is 10.6. The molecule has 0 radical (unpaired) electrons. The Kier molecular flexibility index (Phi) is 6.34. The van der Waals surface area contributed by atoms with E-state index in [0.29, 0.717) is 42.5 Å². The van der Waals surface area contributed by atoms with Crippen molar-refractivity contribution in [2.24, 2.45) is 0 Å². The average molecular weight is 435 g/mol. The lowest BCUT2D eigenvalue weighted by atomic mass is 10.0. The number of benzene rings is 2. The van der Waals surface area contributed by atoms with Gasteiger partial charge in [-0.25, -0.2) is 4.79 Å². The van der Waals surface area contributed by atoms with Gasteiger partial charge < -0.3 is 24.8 Å². The van der Waals surface area contributed by atoms with Crippen LogP contribution in [0.1, 0.15) is 27.7 Å². The van der Waals surface area contributed by atoms with Crippen LogP contribution in [0.4, 0.5) is 4.79 Å². The van der Waals surface area contributed by atoms with Crippen LogP contribution in [-0.2, 0) is 6.42 Å². The topological polar surface area (TPSA) is 110 Å². The first-order chi connectivity index (χ1) is 15.6. The molecule has 4 rings (SSSR count). The maximum Gasteiger partial charge on any atom is 0.317 e. The zero-order chi connectivity index (χ0) is 22.5. The molecule has 1 aromatic heterocycles. The highest BCUT2D eigenvalue weighted by atomic mass is 16.5. The molecule has 0 saturated carbocycles. The van der Waals surface area contributed by atoms with Crippen LogP contribution in [-0.4, -0.2) is 60.8 Å². The number of rotatable bonds is 7. The summed E-state index contributed by atoms with van der Waals surface area (Å²) in [5.41, 5.74) is 2.36. The van der Waals surface area contributed by atoms with Crippen molar-refractivity contribution in [1.29, 1.82) is 0 Å². The molecule has 3 amide bonds. The number of urea groups is 1. The molecule has 1 aliphatic heterocycles. The Bertz CT molecular complexity index is 1090. The van der Waals surface area contributed by atoms with Gasteiger partial charge in [-0.2, -0.15) is 4.98 Å². The fourth-order valence-corrected chi connectivity index (χ4v) is 3.48. The number of aromatic nitrogens is 2. The Morgan fingerprint density at radius 3 is 2.69 bits per heavy atom. The molecule has 166 valence electrons. The predicted molar refractivity (Wildman–Crippen MR) is 118 cm³/mol. The van der Waals surface area contributed by atoms with Crippen molar-refractivity contribution in [2.75, 3.05) is 33.8 Å². The summed E-state index contributed by atoms with van der Waals surface area (Å²) in [5, 5.41) is 9.57. The van der Waals surface area contributed by atoms with Gasteiger partial charge in [-0.05, 0) is 36.2 Å². The van der Waals surface area contributed by atoms with Crippen LogP contribution in [0.25, 0.3) is 11.4 Å². The Hall–Kier alpha value is -3.88. The van der Waals surface area contributed by atoms with E-state index in [2.05, 4.69) is 20.8 Å². The molecule has 0 spiro atoms. The molecule has 0 unspecified atom stereocenters. The van der Waals surface area contributed by atoms with E-state index in [-0.39, 0.29) is 17.9 Å². The van der Waals surface area contributed by atoms with E-state index in [0.717, 1.165) is 17.7 Å². The lowest BCUT2D eigenvalue weighted by Crippen LogP contribution is -2.52. The third-order valence-electron chi connectivity index (χ3n) is 5.42. The number of nitrogens with one attached hydrogen (secondary N) is 2. The zero-order valence-corrected chi connectivity index (χ0v) is 18.0. The van der Waals surface area contributed by atoms with E-state index in [9.17, 15) is 9.59 Å². The molecule has 0 atom stereocenters. The van der Waals surface area contributed by atoms with Crippen LogP contribution in [0.5, 0.6) is 5.75 Å². The molecule has 2 aromatic carbocycles. The Balaban J connectivity index is 1.26. The summed E-state index contributed by atoms with van der Waals surface area (Å²) in [5.74, 6) is 1.56. The largest absolute Gasteiger partial charge is 0.497 e. The quantitative estimate of drug-likeness (QED) is 0.590. The molecule has 2 heterocycles. The normalized spacial score (nSPS) is 13.4. The van der Waals surface area contributed by atoms with Gasteiger partial charge in [-0.3, -0.25) is 4.79 Å². The minimum atomic E-state index is -0.178. The summed E-state index contributed by atoms with van der Waals surface area (Å²) in [6.45, 7) is 1.60. The van der Waals surface area contributed by atoms with Crippen molar-refractivity contribution in [1.82, 2.24) is 25.7 Å². The van der Waals surface area contributed by atoms with Gasteiger partial charge >= 0.3 is 6.03 Å². The number of carbonyl (C=O) groups is 2. The second-order valence-electron chi connectivity index (χ2n) is 7.55. The monoisotopic (exact) mass is 435 g/mol. The summed E-state index contributed by atoms with van der Waals surface area (Å²) in [4.78, 5) is 30.3. The zero-order valence-electron chi connectivity index (χ0n) is 18.0. The molecular weight excluding hydrogens is 410 g/mol. The lowest BCUT2D eigenvalue weighted by molar-refractivity contribution is 0.0963. The van der Waals surface area contributed by atoms with E-state index < -0.39 is 0 Å². The Morgan fingerprint density at radius 2 is 1.97 bits per heavy atom. The molecule has 0 bridgehead atoms. The van der Waals surface area contributed by atoms with Gasteiger partial charge in [0.25, 0.3) is 5.91 Å². The molecule has 1 saturated heterocycles. The van der Waals surface area contributed by atoms with Crippen molar-refractivity contribution >= 4 is 11.9 Å². The smallest absolute Gasteiger partial charge is 0.317 e. The summed E-state index contributed by atoms with van der Waals surface area (Å²) >= 11 is 0. The van der Waals surface area contributed by atoms with Crippen molar-refractivity contribution in [3.63, 3.8) is 0 Å². The molecule has 2 N–H and O–H groups in total. The number of nitrogens with zero attached hydrogens (tertiary/aromatic N) is 3. The van der Waals surface area contributed by atoms with Crippen molar-refractivity contribution < 1.29 is 18.8 Å². The summed E-state index contributed by atoms with van der Waals surface area (Å²) in [6.07, 6.45) is 0.745. The molecule has 32 heavy (non-hydrogen) atoms. The first-order valence-electron chi connectivity index (χ1n) is 10.4. The van der Waals surface area contributed by atoms with Crippen LogP contribution < -0.4 is 15.4 Å². The highest BCUT2D eigenvalue weighted by molar-refractivity contribution is 5.95. The van der Waals surface area contributed by atoms with Crippen LogP contribution in [0.3, 0.4) is 0 Å².